The van der Waals surface area contributed by atoms with Crippen LogP contribution >= 0.6 is 0 Å². The minimum atomic E-state index is -3.01. The van der Waals surface area contributed by atoms with Crippen molar-refractivity contribution in [1.82, 2.24) is 9.62 Å². The van der Waals surface area contributed by atoms with Crippen LogP contribution in [-0.2, 0) is 10.0 Å². The first-order chi connectivity index (χ1) is 8.64. The molecule has 0 aromatic carbocycles. The van der Waals surface area contributed by atoms with Gasteiger partial charge in [0, 0.05) is 13.1 Å². The first-order valence-corrected chi connectivity index (χ1v) is 8.84. The molecule has 1 heterocycles. The number of hydrogen-bond donors (Lipinski definition) is 1. The second-order valence-corrected chi connectivity index (χ2v) is 7.84. The standard InChI is InChI=1S/C13H26N2O2S/c1-2-14-10-12-6-5-9-15(11-12)18(16,17)13-7-3-4-8-13/h12-14H,2-11H2,1H3. The van der Waals surface area contributed by atoms with Crippen LogP contribution in [0, 0.1) is 5.92 Å². The van der Waals surface area contributed by atoms with E-state index < -0.39 is 10.0 Å². The molecular formula is C13H26N2O2S. The number of piperidine rings is 1. The van der Waals surface area contributed by atoms with Gasteiger partial charge in [0.1, 0.15) is 0 Å². The van der Waals surface area contributed by atoms with E-state index in [0.717, 1.165) is 64.7 Å². The minimum absolute atomic E-state index is 0.0876. The highest BCUT2D eigenvalue weighted by Gasteiger charge is 2.36. The van der Waals surface area contributed by atoms with Crippen molar-refractivity contribution < 1.29 is 8.42 Å². The van der Waals surface area contributed by atoms with E-state index in [-0.39, 0.29) is 5.25 Å². The van der Waals surface area contributed by atoms with Crippen molar-refractivity contribution >= 4 is 10.0 Å². The molecule has 0 spiro atoms. The molecule has 106 valence electrons. The Morgan fingerprint density at radius 2 is 1.89 bits per heavy atom. The third-order valence-corrected chi connectivity index (χ3v) is 6.61. The minimum Gasteiger partial charge on any atom is -0.317 e. The van der Waals surface area contributed by atoms with Crippen molar-refractivity contribution in [2.45, 2.75) is 50.7 Å². The van der Waals surface area contributed by atoms with Crippen molar-refractivity contribution in [3.63, 3.8) is 0 Å². The van der Waals surface area contributed by atoms with Crippen LogP contribution in [0.2, 0.25) is 0 Å². The molecule has 1 unspecified atom stereocenters. The van der Waals surface area contributed by atoms with Gasteiger partial charge in [-0.1, -0.05) is 19.8 Å². The lowest BCUT2D eigenvalue weighted by molar-refractivity contribution is 0.259. The summed E-state index contributed by atoms with van der Waals surface area (Å²) in [6.45, 7) is 5.47. The molecule has 1 N–H and O–H groups in total. The fourth-order valence-corrected chi connectivity index (χ4v) is 5.32. The summed E-state index contributed by atoms with van der Waals surface area (Å²) in [4.78, 5) is 0. The van der Waals surface area contributed by atoms with E-state index in [4.69, 9.17) is 0 Å². The quantitative estimate of drug-likeness (QED) is 0.828. The van der Waals surface area contributed by atoms with Gasteiger partial charge in [-0.15, -0.1) is 0 Å². The Balaban J connectivity index is 1.94. The van der Waals surface area contributed by atoms with E-state index in [2.05, 4.69) is 12.2 Å². The molecule has 0 radical (unpaired) electrons. The summed E-state index contributed by atoms with van der Waals surface area (Å²) in [6.07, 6.45) is 6.08. The predicted octanol–water partition coefficient (Wildman–Crippen LogP) is 1.58. The Morgan fingerprint density at radius 3 is 2.56 bits per heavy atom. The van der Waals surface area contributed by atoms with Crippen LogP contribution in [0.3, 0.4) is 0 Å². The molecule has 0 aromatic heterocycles. The topological polar surface area (TPSA) is 49.4 Å². The molecular weight excluding hydrogens is 248 g/mol. The number of nitrogens with zero attached hydrogens (tertiary/aromatic N) is 1. The second-order valence-electron chi connectivity index (χ2n) is 5.63. The van der Waals surface area contributed by atoms with Crippen LogP contribution in [0.1, 0.15) is 45.4 Å². The molecule has 0 aromatic rings. The summed E-state index contributed by atoms with van der Waals surface area (Å²) in [6, 6.07) is 0. The smallest absolute Gasteiger partial charge is 0.216 e. The van der Waals surface area contributed by atoms with Gasteiger partial charge in [-0.2, -0.15) is 0 Å². The zero-order valence-electron chi connectivity index (χ0n) is 11.4. The molecule has 4 nitrogen and oxygen atoms in total. The summed E-state index contributed by atoms with van der Waals surface area (Å²) in [5, 5.41) is 3.25. The molecule has 2 rings (SSSR count). The molecule has 1 atom stereocenters. The van der Waals surface area contributed by atoms with Gasteiger partial charge in [-0.3, -0.25) is 0 Å². The van der Waals surface area contributed by atoms with Crippen molar-refractivity contribution in [2.75, 3.05) is 26.2 Å². The number of hydrogen-bond acceptors (Lipinski definition) is 3. The molecule has 1 aliphatic heterocycles. The van der Waals surface area contributed by atoms with E-state index >= 15 is 0 Å². The number of rotatable bonds is 5. The predicted molar refractivity (Wildman–Crippen MR) is 74.0 cm³/mol. The van der Waals surface area contributed by atoms with Gasteiger partial charge in [0.15, 0.2) is 0 Å². The lowest BCUT2D eigenvalue weighted by atomic mass is 10.00. The van der Waals surface area contributed by atoms with Gasteiger partial charge in [0.05, 0.1) is 5.25 Å². The molecule has 5 heteroatoms. The Kier molecular flexibility index (Phi) is 5.04. The fourth-order valence-electron chi connectivity index (χ4n) is 3.17. The maximum atomic E-state index is 12.5. The summed E-state index contributed by atoms with van der Waals surface area (Å²) in [5.74, 6) is 0.495. The summed E-state index contributed by atoms with van der Waals surface area (Å²) >= 11 is 0. The van der Waals surface area contributed by atoms with Crippen LogP contribution in [0.15, 0.2) is 0 Å². The van der Waals surface area contributed by atoms with E-state index in [1.807, 2.05) is 0 Å². The van der Waals surface area contributed by atoms with Gasteiger partial charge in [0.25, 0.3) is 0 Å². The van der Waals surface area contributed by atoms with Gasteiger partial charge in [0.2, 0.25) is 10.0 Å². The van der Waals surface area contributed by atoms with Crippen LogP contribution in [-0.4, -0.2) is 44.2 Å². The van der Waals surface area contributed by atoms with E-state index in [1.165, 1.54) is 0 Å². The highest BCUT2D eigenvalue weighted by Crippen LogP contribution is 2.29. The molecule has 1 aliphatic carbocycles. The first-order valence-electron chi connectivity index (χ1n) is 7.34. The molecule has 0 amide bonds. The van der Waals surface area contributed by atoms with Crippen molar-refractivity contribution in [1.29, 1.82) is 0 Å². The maximum Gasteiger partial charge on any atom is 0.216 e. The van der Waals surface area contributed by atoms with Crippen LogP contribution in [0.5, 0.6) is 0 Å². The highest BCUT2D eigenvalue weighted by molar-refractivity contribution is 7.89. The summed E-state index contributed by atoms with van der Waals surface area (Å²) in [5.41, 5.74) is 0. The van der Waals surface area contributed by atoms with Crippen molar-refractivity contribution in [2.24, 2.45) is 5.92 Å². The zero-order valence-corrected chi connectivity index (χ0v) is 12.2. The summed E-state index contributed by atoms with van der Waals surface area (Å²) in [7, 11) is -3.01. The van der Waals surface area contributed by atoms with Gasteiger partial charge in [-0.25, -0.2) is 12.7 Å². The Hall–Kier alpha value is -0.130. The van der Waals surface area contributed by atoms with E-state index in [9.17, 15) is 8.42 Å². The number of sulfonamides is 1. The van der Waals surface area contributed by atoms with Crippen LogP contribution in [0.25, 0.3) is 0 Å². The second kappa shape index (κ2) is 6.35. The van der Waals surface area contributed by atoms with Crippen molar-refractivity contribution in [3.8, 4) is 0 Å². The average molecular weight is 274 g/mol. The maximum absolute atomic E-state index is 12.5. The van der Waals surface area contributed by atoms with Gasteiger partial charge in [-0.05, 0) is 44.7 Å². The van der Waals surface area contributed by atoms with E-state index in [0.29, 0.717) is 5.92 Å². The molecule has 18 heavy (non-hydrogen) atoms. The third-order valence-electron chi connectivity index (χ3n) is 4.25. The third kappa shape index (κ3) is 3.25. The molecule has 1 saturated carbocycles. The largest absolute Gasteiger partial charge is 0.317 e. The van der Waals surface area contributed by atoms with E-state index in [1.54, 1.807) is 4.31 Å². The summed E-state index contributed by atoms with van der Waals surface area (Å²) < 4.78 is 26.8. The lowest BCUT2D eigenvalue weighted by Crippen LogP contribution is -2.45. The fraction of sp³-hybridized carbons (Fsp3) is 1.00. The zero-order chi connectivity index (χ0) is 13.0. The number of nitrogens with one attached hydrogen (secondary N) is 1. The molecule has 2 fully saturated rings. The van der Waals surface area contributed by atoms with Crippen LogP contribution in [0.4, 0.5) is 0 Å². The highest BCUT2D eigenvalue weighted by atomic mass is 32.2. The normalized spacial score (nSPS) is 27.7. The van der Waals surface area contributed by atoms with Crippen LogP contribution < -0.4 is 5.32 Å². The average Bonchev–Trinajstić information content (AvgIpc) is 2.91. The first kappa shape index (κ1) is 14.3. The molecule has 0 bridgehead atoms. The molecule has 1 saturated heterocycles. The Morgan fingerprint density at radius 1 is 1.17 bits per heavy atom. The van der Waals surface area contributed by atoms with Gasteiger partial charge >= 0.3 is 0 Å². The Labute approximate surface area is 111 Å². The lowest BCUT2D eigenvalue weighted by Gasteiger charge is -2.33. The molecule has 2 aliphatic rings. The SMILES string of the molecule is CCNCC1CCCN(S(=O)(=O)C2CCCC2)C1. The van der Waals surface area contributed by atoms with Crippen molar-refractivity contribution in [3.05, 3.63) is 0 Å². The Bertz CT molecular complexity index is 350. The van der Waals surface area contributed by atoms with Gasteiger partial charge < -0.3 is 5.32 Å². The monoisotopic (exact) mass is 274 g/mol.